The van der Waals surface area contributed by atoms with E-state index in [4.69, 9.17) is 0 Å². The van der Waals surface area contributed by atoms with Crippen molar-refractivity contribution in [2.75, 3.05) is 0 Å². The molecule has 0 aromatic carbocycles. The van der Waals surface area contributed by atoms with Gasteiger partial charge in [-0.15, -0.1) is 0 Å². The maximum Gasteiger partial charge on any atom is 0.0919 e. The molecule has 3 heteroatoms. The Balaban J connectivity index is 0.000000250. The van der Waals surface area contributed by atoms with Gasteiger partial charge in [0.25, 0.3) is 0 Å². The smallest absolute Gasteiger partial charge is 0.0919 e. The van der Waals surface area contributed by atoms with Crippen LogP contribution in [0.1, 0.15) is 0 Å². The molecule has 1 aromatic rings. The summed E-state index contributed by atoms with van der Waals surface area (Å²) in [4.78, 5) is 6.42. The Morgan fingerprint density at radius 2 is 2.33 bits per heavy atom. The van der Waals surface area contributed by atoms with Crippen molar-refractivity contribution < 1.29 is 0 Å². The predicted octanol–water partition coefficient (Wildman–Crippen LogP) is -0.239. The number of H-pyrrole nitrogens is 1. The molecule has 1 heterocycles. The van der Waals surface area contributed by atoms with Crippen LogP contribution in [0.15, 0.2) is 18.7 Å². The molecule has 0 aliphatic heterocycles. The zero-order chi connectivity index (χ0) is 3.54. The van der Waals surface area contributed by atoms with Crippen molar-refractivity contribution in [2.24, 2.45) is 0 Å². The van der Waals surface area contributed by atoms with Gasteiger partial charge >= 0.3 is 68.9 Å². The van der Waals surface area contributed by atoms with Crippen molar-refractivity contribution >= 4 is 68.9 Å². The molecule has 0 unspecified atom stereocenters. The van der Waals surface area contributed by atoms with Crippen LogP contribution in [0.2, 0.25) is 0 Å². The molecular weight excluding hydrogens is 197 g/mol. The van der Waals surface area contributed by atoms with Gasteiger partial charge in [0.2, 0.25) is 0 Å². The third-order valence-electron chi connectivity index (χ3n) is 0.406. The molecule has 0 spiro atoms. The molecule has 0 bridgehead atoms. The Bertz CT molecular complexity index is 65.3. The summed E-state index contributed by atoms with van der Waals surface area (Å²) in [6.45, 7) is 0. The first kappa shape index (κ1) is 7.26. The number of hydrogen-bond donors (Lipinski definition) is 1. The molecule has 0 radical (unpaired) electrons. The number of hydrogen-bond acceptors (Lipinski definition) is 1. The Labute approximate surface area is 95.2 Å². The van der Waals surface area contributed by atoms with E-state index in [1.54, 1.807) is 18.7 Å². The first-order chi connectivity index (χ1) is 2.50. The van der Waals surface area contributed by atoms with Crippen LogP contribution in [0, 0.1) is 0 Å². The molecule has 28 valence electrons. The normalized spacial score (nSPS) is 6.67. The standard InChI is InChI=1S/C3H4N2.Cs.H/c1-2-5-3-4-1;;/h1-3H,(H,4,5);;. The fraction of sp³-hybridized carbons (Fsp3) is 0. The summed E-state index contributed by atoms with van der Waals surface area (Å²) in [5, 5.41) is 0. The Kier molecular flexibility index (Phi) is 5.35. The summed E-state index contributed by atoms with van der Waals surface area (Å²) in [5.41, 5.74) is 0. The Hall–Kier alpha value is 1.26. The zero-order valence-corrected chi connectivity index (χ0v) is 2.68. The van der Waals surface area contributed by atoms with Gasteiger partial charge in [-0.3, -0.25) is 0 Å². The Morgan fingerprint density at radius 1 is 1.50 bits per heavy atom. The summed E-state index contributed by atoms with van der Waals surface area (Å²) in [6.07, 6.45) is 5.08. The van der Waals surface area contributed by atoms with E-state index in [2.05, 4.69) is 9.97 Å². The summed E-state index contributed by atoms with van der Waals surface area (Å²) >= 11 is 0. The fourth-order valence-electron chi connectivity index (χ4n) is 0.215. The molecule has 0 saturated heterocycles. The average Bonchev–Trinajstić information content (AvgIpc) is 1.76. The van der Waals surface area contributed by atoms with Crippen molar-refractivity contribution in [1.29, 1.82) is 0 Å². The van der Waals surface area contributed by atoms with Crippen molar-refractivity contribution in [3.8, 4) is 0 Å². The van der Waals surface area contributed by atoms with E-state index < -0.39 is 0 Å². The molecule has 0 aliphatic carbocycles. The molecule has 0 aliphatic rings. The Morgan fingerprint density at radius 3 is 2.50 bits per heavy atom. The molecule has 0 saturated carbocycles. The molecule has 0 fully saturated rings. The zero-order valence-electron chi connectivity index (χ0n) is 2.68. The van der Waals surface area contributed by atoms with E-state index in [9.17, 15) is 0 Å². The van der Waals surface area contributed by atoms with Crippen LogP contribution < -0.4 is 0 Å². The van der Waals surface area contributed by atoms with E-state index in [0.29, 0.717) is 0 Å². The SMILES string of the molecule is [CsH].c1c[nH]cn1. The van der Waals surface area contributed by atoms with Crippen molar-refractivity contribution in [3.63, 3.8) is 0 Å². The average molecular weight is 202 g/mol. The van der Waals surface area contributed by atoms with Gasteiger partial charge in [0.05, 0.1) is 6.33 Å². The van der Waals surface area contributed by atoms with Crippen molar-refractivity contribution in [1.82, 2.24) is 9.97 Å². The summed E-state index contributed by atoms with van der Waals surface area (Å²) < 4.78 is 0. The predicted molar refractivity (Wildman–Crippen MR) is 25.7 cm³/mol. The number of rotatable bonds is 0. The molecule has 2 nitrogen and oxygen atoms in total. The summed E-state index contributed by atoms with van der Waals surface area (Å²) in [7, 11) is 0. The second-order valence-electron chi connectivity index (χ2n) is 0.761. The maximum absolute atomic E-state index is 3.67. The van der Waals surface area contributed by atoms with Crippen LogP contribution in [0.5, 0.6) is 0 Å². The largest absolute Gasteiger partial charge is 0.351 e. The first-order valence-corrected chi connectivity index (χ1v) is 1.43. The van der Waals surface area contributed by atoms with Crippen LogP contribution in [-0.2, 0) is 0 Å². The van der Waals surface area contributed by atoms with Gasteiger partial charge in [-0.25, -0.2) is 4.98 Å². The van der Waals surface area contributed by atoms with E-state index in [-0.39, 0.29) is 68.9 Å². The van der Waals surface area contributed by atoms with Crippen LogP contribution in [0.3, 0.4) is 0 Å². The van der Waals surface area contributed by atoms with Crippen LogP contribution in [0.25, 0.3) is 0 Å². The van der Waals surface area contributed by atoms with Crippen LogP contribution in [-0.4, -0.2) is 78.9 Å². The molecule has 0 amide bonds. The van der Waals surface area contributed by atoms with Gasteiger partial charge in [-0.1, -0.05) is 0 Å². The maximum atomic E-state index is 3.67. The number of nitrogens with zero attached hydrogens (tertiary/aromatic N) is 1. The molecule has 1 aromatic heterocycles. The second kappa shape index (κ2) is 4.42. The molecule has 6 heavy (non-hydrogen) atoms. The molecule has 0 atom stereocenters. The van der Waals surface area contributed by atoms with E-state index in [1.165, 1.54) is 0 Å². The number of aromatic amines is 1. The molecule has 1 rings (SSSR count). The third kappa shape index (κ3) is 2.44. The number of aromatic nitrogens is 2. The van der Waals surface area contributed by atoms with Crippen LogP contribution in [0.4, 0.5) is 0 Å². The van der Waals surface area contributed by atoms with E-state index in [0.717, 1.165) is 0 Å². The van der Waals surface area contributed by atoms with Crippen molar-refractivity contribution in [3.05, 3.63) is 18.7 Å². The van der Waals surface area contributed by atoms with E-state index in [1.807, 2.05) is 0 Å². The minimum absolute atomic E-state index is 0. The minimum atomic E-state index is 0. The quantitative estimate of drug-likeness (QED) is 0.617. The van der Waals surface area contributed by atoms with Crippen molar-refractivity contribution in [2.45, 2.75) is 0 Å². The summed E-state index contributed by atoms with van der Waals surface area (Å²) in [5.74, 6) is 0. The molecular formula is C3H5CsN2. The minimum Gasteiger partial charge on any atom is -0.351 e. The fourth-order valence-corrected chi connectivity index (χ4v) is 0.215. The molecule has 1 N–H and O–H groups in total. The van der Waals surface area contributed by atoms with Gasteiger partial charge in [-0.2, -0.15) is 0 Å². The van der Waals surface area contributed by atoms with Gasteiger partial charge in [-0.05, 0) is 0 Å². The van der Waals surface area contributed by atoms with Gasteiger partial charge in [0, 0.05) is 12.4 Å². The topological polar surface area (TPSA) is 28.7 Å². The van der Waals surface area contributed by atoms with Gasteiger partial charge in [0.1, 0.15) is 0 Å². The van der Waals surface area contributed by atoms with Gasteiger partial charge < -0.3 is 4.98 Å². The van der Waals surface area contributed by atoms with E-state index >= 15 is 0 Å². The first-order valence-electron chi connectivity index (χ1n) is 1.43. The van der Waals surface area contributed by atoms with Crippen LogP contribution >= 0.6 is 0 Å². The number of imidazole rings is 1. The van der Waals surface area contributed by atoms with Gasteiger partial charge in [0.15, 0.2) is 0 Å². The summed E-state index contributed by atoms with van der Waals surface area (Å²) in [6, 6.07) is 0. The third-order valence-corrected chi connectivity index (χ3v) is 0.406. The monoisotopic (exact) mass is 202 g/mol. The second-order valence-corrected chi connectivity index (χ2v) is 0.761. The number of nitrogens with one attached hydrogen (secondary N) is 1.